The van der Waals surface area contributed by atoms with E-state index < -0.39 is 42.3 Å². The van der Waals surface area contributed by atoms with Crippen LogP contribution in [0.2, 0.25) is 0 Å². The molecule has 0 aliphatic heterocycles. The Hall–Kier alpha value is -2.08. The van der Waals surface area contributed by atoms with Gasteiger partial charge in [0.2, 0.25) is 5.60 Å². The highest BCUT2D eigenvalue weighted by Crippen LogP contribution is 2.45. The average Bonchev–Trinajstić information content (AvgIpc) is 2.94. The minimum Gasteiger partial charge on any atom is -0.493 e. The molecule has 1 fully saturated rings. The Morgan fingerprint density at radius 3 is 2.34 bits per heavy atom. The van der Waals surface area contributed by atoms with Crippen LogP contribution in [0.25, 0.3) is 0 Å². The van der Waals surface area contributed by atoms with Gasteiger partial charge in [0.15, 0.2) is 11.5 Å². The number of hydrogen-bond donors (Lipinski definition) is 3. The fourth-order valence-electron chi connectivity index (χ4n) is 5.66. The SMILES string of the molecule is COCCCOc1cc(C[C@@H](C[C@H](N)[C@@H](O)CNC(=O)[C@](OC)(C2CCCCC2)C(F)(F)F)C(C)C)ccc1OC. The first-order chi connectivity index (χ1) is 19.4. The summed E-state index contributed by atoms with van der Waals surface area (Å²) in [5.74, 6) is -0.749. The molecule has 1 aromatic carbocycles. The number of rotatable bonds is 17. The lowest BCUT2D eigenvalue weighted by Crippen LogP contribution is -2.64. The normalized spacial score (nSPS) is 18.4. The number of ether oxygens (including phenoxy) is 4. The van der Waals surface area contributed by atoms with Gasteiger partial charge in [0.25, 0.3) is 5.91 Å². The van der Waals surface area contributed by atoms with Gasteiger partial charge in [-0.05, 0) is 55.2 Å². The summed E-state index contributed by atoms with van der Waals surface area (Å²) in [5.41, 5.74) is 4.38. The standard InChI is InChI=1S/C30H49F3N2O6/c1-20(2)22(16-21-12-13-26(39-4)27(17-21)41-15-9-14-38-3)18-24(34)25(36)19-35-28(37)29(40-5,30(31,32)33)23-10-7-6-8-11-23/h12-13,17,20,22-25,36H,6-11,14-16,18-19,34H2,1-5H3,(H,35,37)/t22-,24-,25-,29+/m0/s1. The van der Waals surface area contributed by atoms with Gasteiger partial charge in [-0.3, -0.25) is 4.79 Å². The predicted molar refractivity (Wildman–Crippen MR) is 151 cm³/mol. The summed E-state index contributed by atoms with van der Waals surface area (Å²) in [6, 6.07) is 4.96. The van der Waals surface area contributed by atoms with E-state index in [0.29, 0.717) is 50.4 Å². The Morgan fingerprint density at radius 1 is 1.10 bits per heavy atom. The molecule has 0 radical (unpaired) electrons. The molecule has 41 heavy (non-hydrogen) atoms. The van der Waals surface area contributed by atoms with Gasteiger partial charge in [0.1, 0.15) is 0 Å². The van der Waals surface area contributed by atoms with Crippen LogP contribution in [0.3, 0.4) is 0 Å². The summed E-state index contributed by atoms with van der Waals surface area (Å²) in [6.45, 7) is 4.76. The van der Waals surface area contributed by atoms with E-state index in [1.807, 2.05) is 18.2 Å². The maximum atomic E-state index is 14.2. The van der Waals surface area contributed by atoms with E-state index >= 15 is 0 Å². The summed E-state index contributed by atoms with van der Waals surface area (Å²) in [5, 5.41) is 13.1. The second-order valence-corrected chi connectivity index (χ2v) is 11.3. The highest BCUT2D eigenvalue weighted by Gasteiger charge is 2.65. The van der Waals surface area contributed by atoms with E-state index in [1.165, 1.54) is 0 Å². The average molecular weight is 591 g/mol. The van der Waals surface area contributed by atoms with Gasteiger partial charge >= 0.3 is 6.18 Å². The van der Waals surface area contributed by atoms with Crippen LogP contribution >= 0.6 is 0 Å². The van der Waals surface area contributed by atoms with Crippen LogP contribution in [0.15, 0.2) is 18.2 Å². The van der Waals surface area contributed by atoms with E-state index in [-0.39, 0.29) is 24.7 Å². The third-order valence-electron chi connectivity index (χ3n) is 8.22. The molecule has 0 unspecified atom stereocenters. The number of amides is 1. The summed E-state index contributed by atoms with van der Waals surface area (Å²) in [4.78, 5) is 13.0. The van der Waals surface area contributed by atoms with E-state index in [2.05, 4.69) is 19.2 Å². The monoisotopic (exact) mass is 590 g/mol. The van der Waals surface area contributed by atoms with Crippen molar-refractivity contribution in [1.82, 2.24) is 5.32 Å². The van der Waals surface area contributed by atoms with Gasteiger partial charge in [-0.15, -0.1) is 0 Å². The van der Waals surface area contributed by atoms with Crippen molar-refractivity contribution in [3.05, 3.63) is 23.8 Å². The van der Waals surface area contributed by atoms with Crippen LogP contribution in [0.4, 0.5) is 13.2 Å². The van der Waals surface area contributed by atoms with E-state index in [9.17, 15) is 23.1 Å². The van der Waals surface area contributed by atoms with Crippen molar-refractivity contribution in [1.29, 1.82) is 0 Å². The minimum absolute atomic E-state index is 0.0561. The molecule has 11 heteroatoms. The number of aliphatic hydroxyl groups is 1. The quantitative estimate of drug-likeness (QED) is 0.227. The largest absolute Gasteiger partial charge is 0.493 e. The van der Waals surface area contributed by atoms with Crippen molar-refractivity contribution in [3.8, 4) is 11.5 Å². The Morgan fingerprint density at radius 2 is 1.78 bits per heavy atom. The topological polar surface area (TPSA) is 112 Å². The molecule has 1 saturated carbocycles. The third kappa shape index (κ3) is 9.46. The van der Waals surface area contributed by atoms with Gasteiger partial charge in [-0.1, -0.05) is 39.2 Å². The van der Waals surface area contributed by atoms with Crippen LogP contribution in [-0.4, -0.2) is 76.0 Å². The van der Waals surface area contributed by atoms with Crippen molar-refractivity contribution in [2.75, 3.05) is 41.1 Å². The van der Waals surface area contributed by atoms with Crippen molar-refractivity contribution in [2.45, 2.75) is 89.1 Å². The van der Waals surface area contributed by atoms with Gasteiger partial charge < -0.3 is 35.1 Å². The van der Waals surface area contributed by atoms with E-state index in [4.69, 9.17) is 24.7 Å². The highest BCUT2D eigenvalue weighted by atomic mass is 19.4. The molecule has 0 bridgehead atoms. The van der Waals surface area contributed by atoms with Crippen molar-refractivity contribution in [3.63, 3.8) is 0 Å². The zero-order valence-electron chi connectivity index (χ0n) is 25.1. The lowest BCUT2D eigenvalue weighted by Gasteiger charge is -2.41. The second-order valence-electron chi connectivity index (χ2n) is 11.3. The Balaban J connectivity index is 2.05. The molecule has 1 aromatic rings. The third-order valence-corrected chi connectivity index (χ3v) is 8.22. The fourth-order valence-corrected chi connectivity index (χ4v) is 5.66. The molecule has 0 saturated heterocycles. The number of halogens is 3. The minimum atomic E-state index is -4.89. The number of benzene rings is 1. The Labute approximate surface area is 242 Å². The molecule has 1 aliphatic carbocycles. The van der Waals surface area contributed by atoms with Crippen molar-refractivity contribution < 1.29 is 42.0 Å². The zero-order chi connectivity index (χ0) is 30.6. The summed E-state index contributed by atoms with van der Waals surface area (Å²) in [7, 11) is 4.13. The first-order valence-electron chi connectivity index (χ1n) is 14.5. The van der Waals surface area contributed by atoms with Crippen LogP contribution in [0.1, 0.15) is 64.4 Å². The predicted octanol–water partition coefficient (Wildman–Crippen LogP) is 4.65. The Bertz CT molecular complexity index is 926. The van der Waals surface area contributed by atoms with Gasteiger partial charge in [-0.25, -0.2) is 0 Å². The van der Waals surface area contributed by atoms with Crippen molar-refractivity contribution >= 4 is 5.91 Å². The lowest BCUT2D eigenvalue weighted by atomic mass is 9.75. The highest BCUT2D eigenvalue weighted by molar-refractivity contribution is 5.86. The molecule has 1 amide bonds. The molecule has 4 N–H and O–H groups in total. The summed E-state index contributed by atoms with van der Waals surface area (Å²) in [6.07, 6.45) is -1.78. The van der Waals surface area contributed by atoms with Gasteiger partial charge in [0.05, 0.1) is 19.8 Å². The number of nitrogens with one attached hydrogen (secondary N) is 1. The van der Waals surface area contributed by atoms with E-state index in [1.54, 1.807) is 14.2 Å². The number of alkyl halides is 3. The molecule has 0 heterocycles. The number of carbonyl (C=O) groups excluding carboxylic acids is 1. The smallest absolute Gasteiger partial charge is 0.426 e. The Kier molecular flexibility index (Phi) is 14.2. The number of carbonyl (C=O) groups is 1. The molecule has 0 spiro atoms. The molecule has 8 nitrogen and oxygen atoms in total. The van der Waals surface area contributed by atoms with Crippen LogP contribution in [0.5, 0.6) is 11.5 Å². The number of methoxy groups -OCH3 is 3. The maximum Gasteiger partial charge on any atom is 0.426 e. The zero-order valence-corrected chi connectivity index (χ0v) is 25.1. The fraction of sp³-hybridized carbons (Fsp3) is 0.767. The molecule has 2 rings (SSSR count). The molecule has 4 atom stereocenters. The van der Waals surface area contributed by atoms with E-state index in [0.717, 1.165) is 25.5 Å². The van der Waals surface area contributed by atoms with Crippen LogP contribution in [0, 0.1) is 17.8 Å². The summed E-state index contributed by atoms with van der Waals surface area (Å²) < 4.78 is 64.1. The maximum absolute atomic E-state index is 14.2. The van der Waals surface area contributed by atoms with Gasteiger partial charge in [0, 0.05) is 45.8 Å². The molecule has 236 valence electrons. The van der Waals surface area contributed by atoms with Gasteiger partial charge in [-0.2, -0.15) is 13.2 Å². The summed E-state index contributed by atoms with van der Waals surface area (Å²) >= 11 is 0. The molecular weight excluding hydrogens is 541 g/mol. The first kappa shape index (κ1) is 35.1. The number of nitrogens with two attached hydrogens (primary N) is 1. The number of aliphatic hydroxyl groups excluding tert-OH is 1. The number of hydrogen-bond acceptors (Lipinski definition) is 7. The second kappa shape index (κ2) is 16.5. The molecule has 1 aliphatic rings. The van der Waals surface area contributed by atoms with Crippen LogP contribution in [-0.2, 0) is 20.7 Å². The lowest BCUT2D eigenvalue weighted by molar-refractivity contribution is -0.279. The first-order valence-corrected chi connectivity index (χ1v) is 14.5. The van der Waals surface area contributed by atoms with Crippen LogP contribution < -0.4 is 20.5 Å². The molecular formula is C30H49F3N2O6. The molecule has 0 aromatic heterocycles. The van der Waals surface area contributed by atoms with Crippen molar-refractivity contribution in [2.24, 2.45) is 23.5 Å².